The highest BCUT2D eigenvalue weighted by Crippen LogP contribution is 2.36. The van der Waals surface area contributed by atoms with Gasteiger partial charge in [-0.2, -0.15) is 5.26 Å². The molecule has 1 aromatic carbocycles. The van der Waals surface area contributed by atoms with Crippen molar-refractivity contribution in [2.75, 3.05) is 42.9 Å². The van der Waals surface area contributed by atoms with E-state index in [2.05, 4.69) is 37.0 Å². The average Bonchev–Trinajstić information content (AvgIpc) is 4.03. The first-order chi connectivity index (χ1) is 31.8. The van der Waals surface area contributed by atoms with Crippen molar-refractivity contribution in [2.45, 2.75) is 115 Å². The van der Waals surface area contributed by atoms with Crippen molar-refractivity contribution in [2.24, 2.45) is 11.1 Å². The summed E-state index contributed by atoms with van der Waals surface area (Å²) in [4.78, 5) is 74.0. The van der Waals surface area contributed by atoms with Gasteiger partial charge in [-0.3, -0.25) is 19.2 Å². The molecule has 19 heteroatoms. The van der Waals surface area contributed by atoms with Crippen LogP contribution in [0.5, 0.6) is 0 Å². The summed E-state index contributed by atoms with van der Waals surface area (Å²) in [5, 5.41) is 29.0. The van der Waals surface area contributed by atoms with E-state index >= 15 is 0 Å². The fraction of sp³-hybridized carbons (Fsp3) is 0.500. The van der Waals surface area contributed by atoms with Crippen LogP contribution in [0.1, 0.15) is 101 Å². The molecule has 5 atom stereocenters. The predicted octanol–water partition coefficient (Wildman–Crippen LogP) is 5.55. The van der Waals surface area contributed by atoms with E-state index in [-0.39, 0.29) is 50.6 Å². The zero-order valence-electron chi connectivity index (χ0n) is 38.5. The van der Waals surface area contributed by atoms with Crippen LogP contribution >= 0.6 is 11.3 Å². The maximum Gasteiger partial charge on any atom is 0.266 e. The molecule has 0 saturated carbocycles. The third kappa shape index (κ3) is 11.9. The number of aliphatic hydroxyl groups is 1. The number of nitrogens with zero attached hydrogens (tertiary/aromatic N) is 7. The number of nitrogens with two attached hydrogens (primary N) is 1. The summed E-state index contributed by atoms with van der Waals surface area (Å²) in [6, 6.07) is 13.2. The van der Waals surface area contributed by atoms with Gasteiger partial charge >= 0.3 is 0 Å². The zero-order valence-corrected chi connectivity index (χ0v) is 39.3. The topological polar surface area (TPSA) is 223 Å². The molecule has 3 fully saturated rings. The second-order valence-corrected chi connectivity index (χ2v) is 19.8. The Balaban J connectivity index is 0.927. The molecule has 6 N–H and O–H groups in total. The van der Waals surface area contributed by atoms with Gasteiger partial charge in [-0.25, -0.2) is 23.7 Å². The van der Waals surface area contributed by atoms with Crippen molar-refractivity contribution in [3.05, 3.63) is 82.6 Å². The first-order valence-corrected chi connectivity index (χ1v) is 23.6. The number of carbonyl (C=O) groups is 4. The Bertz CT molecular complexity index is 2480. The van der Waals surface area contributed by atoms with E-state index in [4.69, 9.17) is 5.73 Å². The lowest BCUT2D eigenvalue weighted by Gasteiger charge is -2.36. The summed E-state index contributed by atoms with van der Waals surface area (Å²) in [6.45, 7) is 9.64. The minimum Gasteiger partial charge on any atom is -0.391 e. The number of alkyl halides is 2. The van der Waals surface area contributed by atoms with Crippen molar-refractivity contribution >= 4 is 52.4 Å². The number of aryl methyl sites for hydroxylation is 1. The summed E-state index contributed by atoms with van der Waals surface area (Å²) in [5.41, 5.74) is 11.5. The third-order valence-electron chi connectivity index (χ3n) is 12.8. The lowest BCUT2D eigenvalue weighted by molar-refractivity contribution is -0.144. The Hall–Kier alpha value is -6.10. The number of hydrogen-bond acceptors (Lipinski definition) is 13. The van der Waals surface area contributed by atoms with Gasteiger partial charge in [0, 0.05) is 51.6 Å². The van der Waals surface area contributed by atoms with E-state index in [1.54, 1.807) is 59.6 Å². The van der Waals surface area contributed by atoms with Crippen LogP contribution in [0.3, 0.4) is 0 Å². The van der Waals surface area contributed by atoms with Crippen molar-refractivity contribution < 1.29 is 33.1 Å². The largest absolute Gasteiger partial charge is 0.391 e. The van der Waals surface area contributed by atoms with E-state index in [0.29, 0.717) is 48.9 Å². The highest BCUT2D eigenvalue weighted by Gasteiger charge is 2.45. The molecule has 67 heavy (non-hydrogen) atoms. The third-order valence-corrected chi connectivity index (χ3v) is 13.8. The van der Waals surface area contributed by atoms with E-state index < -0.39 is 65.9 Å². The fourth-order valence-electron chi connectivity index (χ4n) is 8.92. The second kappa shape index (κ2) is 20.4. The van der Waals surface area contributed by atoms with Crippen molar-refractivity contribution in [3.8, 4) is 16.5 Å². The number of aliphatic hydroxyl groups excluding tert-OH is 1. The summed E-state index contributed by atoms with van der Waals surface area (Å²) in [7, 11) is 0. The SMILES string of the molecule is Cc1ncsc1-c1ccc([C@H](C)NC(=O)[C@@H]2C[C@@H](O)CN2C(=O)[C@@H](NC(=O)[C@@H](N)CCC(=O)N2CCC(c3cc(Nc4cc(C#N)ccn4)nc(N4CCC(F)(F)C4)c3)CC2)C(C)(C)C)cc1. The number of thiazole rings is 1. The number of amides is 4. The fourth-order valence-corrected chi connectivity index (χ4v) is 9.74. The Morgan fingerprint density at radius 1 is 1.03 bits per heavy atom. The molecular formula is C48H59F2N11O5S. The number of rotatable bonds is 14. The number of pyridine rings is 2. The molecule has 6 heterocycles. The number of piperidine rings is 1. The van der Waals surface area contributed by atoms with Crippen LogP contribution in [0.15, 0.2) is 60.2 Å². The molecule has 0 unspecified atom stereocenters. The first-order valence-electron chi connectivity index (χ1n) is 22.7. The first kappa shape index (κ1) is 48.8. The highest BCUT2D eigenvalue weighted by atomic mass is 32.1. The van der Waals surface area contributed by atoms with Gasteiger partial charge in [-0.05, 0) is 85.4 Å². The number of halogens is 2. The van der Waals surface area contributed by atoms with Crippen LogP contribution in [0.4, 0.5) is 26.2 Å². The predicted molar refractivity (Wildman–Crippen MR) is 250 cm³/mol. The Morgan fingerprint density at radius 2 is 1.76 bits per heavy atom. The van der Waals surface area contributed by atoms with Gasteiger partial charge < -0.3 is 41.5 Å². The number of anilines is 3. The molecule has 4 aromatic rings. The van der Waals surface area contributed by atoms with Crippen LogP contribution < -0.4 is 26.6 Å². The summed E-state index contributed by atoms with van der Waals surface area (Å²) in [6.07, 6.45) is 1.53. The standard InChI is InChI=1S/C48H59F2N11O5S/c1-28(31-6-8-33(9-7-31)42-29(2)54-27-67-42)55-45(65)37-23-35(62)25-61(37)46(66)43(47(3,4)5)58-44(64)36(52)10-11-41(63)59-17-13-32(14-18-59)34-21-39(56-38-20-30(24-51)12-16-53-38)57-40(22-34)60-19-15-48(49,50)26-60/h6-9,12,16,20-22,27-28,32,35-37,43,62H,10-11,13-15,17-19,23,25-26,52H2,1-5H3,(H,55,65)(H,58,64)(H,53,56,57)/t28-,35+,36-,37-,43+/m0/s1. The van der Waals surface area contributed by atoms with E-state index in [1.807, 2.05) is 50.2 Å². The Morgan fingerprint density at radius 3 is 2.40 bits per heavy atom. The smallest absolute Gasteiger partial charge is 0.266 e. The normalized spacial score (nSPS) is 19.9. The molecule has 7 rings (SSSR count). The molecule has 356 valence electrons. The second-order valence-electron chi connectivity index (χ2n) is 19.0. The summed E-state index contributed by atoms with van der Waals surface area (Å²) >= 11 is 1.55. The van der Waals surface area contributed by atoms with Gasteiger partial charge in [0.25, 0.3) is 5.92 Å². The Labute approximate surface area is 393 Å². The summed E-state index contributed by atoms with van der Waals surface area (Å²) in [5.74, 6) is -3.36. The molecule has 0 aliphatic carbocycles. The molecule has 16 nitrogen and oxygen atoms in total. The number of aromatic nitrogens is 3. The maximum absolute atomic E-state index is 14.3. The molecule has 0 radical (unpaired) electrons. The summed E-state index contributed by atoms with van der Waals surface area (Å²) < 4.78 is 28.5. The number of nitrogens with one attached hydrogen (secondary N) is 3. The number of likely N-dealkylation sites (tertiary alicyclic amines) is 2. The molecule has 4 amide bonds. The van der Waals surface area contributed by atoms with Gasteiger partial charge in [0.05, 0.1) is 52.4 Å². The van der Waals surface area contributed by atoms with Gasteiger partial charge in [-0.15, -0.1) is 11.3 Å². The van der Waals surface area contributed by atoms with Crippen molar-refractivity contribution in [3.63, 3.8) is 0 Å². The van der Waals surface area contributed by atoms with E-state index in [1.165, 1.54) is 11.1 Å². The van der Waals surface area contributed by atoms with Gasteiger partial charge in [0.2, 0.25) is 23.6 Å². The quantitative estimate of drug-likeness (QED) is 0.105. The highest BCUT2D eigenvalue weighted by molar-refractivity contribution is 7.13. The van der Waals surface area contributed by atoms with Crippen LogP contribution in [-0.2, 0) is 19.2 Å². The van der Waals surface area contributed by atoms with E-state index in [0.717, 1.165) is 27.3 Å². The zero-order chi connectivity index (χ0) is 48.2. The minimum atomic E-state index is -2.83. The maximum atomic E-state index is 14.3. The van der Waals surface area contributed by atoms with E-state index in [9.17, 15) is 38.3 Å². The monoisotopic (exact) mass is 939 g/mol. The molecule has 3 aliphatic rings. The molecule has 3 saturated heterocycles. The lowest BCUT2D eigenvalue weighted by Crippen LogP contribution is -2.59. The van der Waals surface area contributed by atoms with Crippen LogP contribution in [0, 0.1) is 23.7 Å². The van der Waals surface area contributed by atoms with Crippen LogP contribution in [-0.4, -0.2) is 116 Å². The lowest BCUT2D eigenvalue weighted by atomic mass is 9.85. The van der Waals surface area contributed by atoms with Crippen molar-refractivity contribution in [1.82, 2.24) is 35.4 Å². The van der Waals surface area contributed by atoms with Crippen LogP contribution in [0.2, 0.25) is 0 Å². The number of nitriles is 1. The molecule has 0 spiro atoms. The van der Waals surface area contributed by atoms with Crippen molar-refractivity contribution in [1.29, 1.82) is 5.26 Å². The van der Waals surface area contributed by atoms with Gasteiger partial charge in [0.1, 0.15) is 29.5 Å². The number of hydrogen-bond donors (Lipinski definition) is 5. The number of benzene rings is 1. The molecular weight excluding hydrogens is 881 g/mol. The number of β-amino-alcohol motifs (C(OH)–C–C–N with tert-alkyl or cyclic N) is 1. The Kier molecular flexibility index (Phi) is 14.9. The average molecular weight is 940 g/mol. The van der Waals surface area contributed by atoms with Gasteiger partial charge in [-0.1, -0.05) is 45.0 Å². The molecule has 3 aliphatic heterocycles. The van der Waals surface area contributed by atoms with Gasteiger partial charge in [0.15, 0.2) is 0 Å². The number of carbonyl (C=O) groups excluding carboxylic acids is 4. The molecule has 0 bridgehead atoms. The minimum absolute atomic E-state index is 0.00447. The molecule has 3 aromatic heterocycles. The van der Waals surface area contributed by atoms with Crippen LogP contribution in [0.25, 0.3) is 10.4 Å².